The van der Waals surface area contributed by atoms with Gasteiger partial charge in [-0.1, -0.05) is 39.0 Å². The number of pyridine rings is 1. The fraction of sp³-hybridized carbons (Fsp3) is 0.471. The lowest BCUT2D eigenvalue weighted by molar-refractivity contribution is 0.437. The van der Waals surface area contributed by atoms with Crippen LogP contribution < -0.4 is 0 Å². The predicted octanol–water partition coefficient (Wildman–Crippen LogP) is 4.19. The second-order valence-corrected chi connectivity index (χ2v) is 7.52. The number of benzene rings is 1. The van der Waals surface area contributed by atoms with Crippen molar-refractivity contribution in [1.29, 1.82) is 0 Å². The van der Waals surface area contributed by atoms with Crippen LogP contribution in [0.5, 0.6) is 0 Å². The molecule has 0 bridgehead atoms. The van der Waals surface area contributed by atoms with Gasteiger partial charge in [-0.2, -0.15) is 0 Å². The number of thioether (sulfide) groups is 1. The van der Waals surface area contributed by atoms with Crippen molar-refractivity contribution in [1.82, 2.24) is 9.88 Å². The lowest BCUT2D eigenvalue weighted by Crippen LogP contribution is -2.16. The van der Waals surface area contributed by atoms with Crippen molar-refractivity contribution in [2.75, 3.05) is 26.4 Å². The summed E-state index contributed by atoms with van der Waals surface area (Å²) >= 11 is 1.86. The van der Waals surface area contributed by atoms with Gasteiger partial charge in [-0.3, -0.25) is 0 Å². The summed E-state index contributed by atoms with van der Waals surface area (Å²) < 4.78 is 0. The summed E-state index contributed by atoms with van der Waals surface area (Å²) in [5.74, 6) is 1.07. The smallest absolute Gasteiger partial charge is 0.100 e. The fourth-order valence-electron chi connectivity index (χ4n) is 2.07. The van der Waals surface area contributed by atoms with E-state index in [0.29, 0.717) is 0 Å². The van der Waals surface area contributed by atoms with Crippen LogP contribution in [0.15, 0.2) is 35.4 Å². The van der Waals surface area contributed by atoms with Gasteiger partial charge in [0.1, 0.15) is 5.03 Å². The molecule has 108 valence electrons. The highest BCUT2D eigenvalue weighted by Gasteiger charge is 2.20. The van der Waals surface area contributed by atoms with E-state index in [-0.39, 0.29) is 5.41 Å². The second kappa shape index (κ2) is 6.15. The highest BCUT2D eigenvalue weighted by molar-refractivity contribution is 7.99. The number of aromatic nitrogens is 1. The molecule has 0 N–H and O–H groups in total. The van der Waals surface area contributed by atoms with E-state index in [4.69, 9.17) is 4.98 Å². The normalized spacial score (nSPS) is 12.3. The minimum absolute atomic E-state index is 0.123. The van der Waals surface area contributed by atoms with Crippen molar-refractivity contribution < 1.29 is 0 Å². The van der Waals surface area contributed by atoms with E-state index < -0.39 is 0 Å². The van der Waals surface area contributed by atoms with E-state index in [1.54, 1.807) is 0 Å². The zero-order chi connectivity index (χ0) is 14.8. The first-order valence-electron chi connectivity index (χ1n) is 7.06. The molecule has 20 heavy (non-hydrogen) atoms. The summed E-state index contributed by atoms with van der Waals surface area (Å²) in [5, 5.41) is 2.41. The maximum atomic E-state index is 4.88. The van der Waals surface area contributed by atoms with Crippen molar-refractivity contribution in [2.24, 2.45) is 0 Å². The first-order valence-corrected chi connectivity index (χ1v) is 8.04. The number of rotatable bonds is 4. The van der Waals surface area contributed by atoms with Gasteiger partial charge in [-0.05, 0) is 37.2 Å². The summed E-state index contributed by atoms with van der Waals surface area (Å²) in [6.07, 6.45) is 0. The maximum absolute atomic E-state index is 4.88. The number of fused-ring (bicyclic) bond motifs is 1. The highest BCUT2D eigenvalue weighted by Crippen LogP contribution is 2.33. The number of hydrogen-bond acceptors (Lipinski definition) is 3. The molecule has 1 aromatic heterocycles. The average molecular weight is 288 g/mol. The molecule has 2 nitrogen and oxygen atoms in total. The molecule has 0 aliphatic rings. The predicted molar refractivity (Wildman–Crippen MR) is 89.7 cm³/mol. The van der Waals surface area contributed by atoms with Gasteiger partial charge in [0.2, 0.25) is 0 Å². The zero-order valence-corrected chi connectivity index (χ0v) is 13.9. The Kier molecular flexibility index (Phi) is 4.71. The number of nitrogens with zero attached hydrogens (tertiary/aromatic N) is 2. The van der Waals surface area contributed by atoms with E-state index >= 15 is 0 Å². The van der Waals surface area contributed by atoms with Crippen LogP contribution in [-0.2, 0) is 5.41 Å². The summed E-state index contributed by atoms with van der Waals surface area (Å²) in [7, 11) is 4.22. The fourth-order valence-corrected chi connectivity index (χ4v) is 3.40. The molecule has 1 heterocycles. The summed E-state index contributed by atoms with van der Waals surface area (Å²) in [6, 6.07) is 10.7. The molecular weight excluding hydrogens is 264 g/mol. The molecule has 0 saturated carbocycles. The SMILES string of the molecule is CN(C)CCSc1nc2ccccc2cc1C(C)(C)C. The van der Waals surface area contributed by atoms with Crippen molar-refractivity contribution >= 4 is 22.7 Å². The Morgan fingerprint density at radius 3 is 2.50 bits per heavy atom. The first kappa shape index (κ1) is 15.3. The van der Waals surface area contributed by atoms with E-state index in [1.807, 2.05) is 11.8 Å². The molecule has 2 aromatic rings. The Labute approximate surface area is 126 Å². The molecule has 1 aromatic carbocycles. The van der Waals surface area contributed by atoms with Gasteiger partial charge in [-0.15, -0.1) is 11.8 Å². The van der Waals surface area contributed by atoms with Gasteiger partial charge in [0.25, 0.3) is 0 Å². The lowest BCUT2D eigenvalue weighted by atomic mass is 9.87. The molecule has 0 fully saturated rings. The lowest BCUT2D eigenvalue weighted by Gasteiger charge is -2.23. The van der Waals surface area contributed by atoms with Crippen LogP contribution in [0.25, 0.3) is 10.9 Å². The highest BCUT2D eigenvalue weighted by atomic mass is 32.2. The summed E-state index contributed by atoms with van der Waals surface area (Å²) in [4.78, 5) is 7.10. The molecule has 2 rings (SSSR count). The second-order valence-electron chi connectivity index (χ2n) is 6.44. The summed E-state index contributed by atoms with van der Waals surface area (Å²) in [5.41, 5.74) is 2.56. The maximum Gasteiger partial charge on any atom is 0.100 e. The van der Waals surface area contributed by atoms with Crippen LogP contribution in [0.1, 0.15) is 26.3 Å². The van der Waals surface area contributed by atoms with Crippen molar-refractivity contribution in [3.63, 3.8) is 0 Å². The Morgan fingerprint density at radius 1 is 1.15 bits per heavy atom. The van der Waals surface area contributed by atoms with Crippen LogP contribution in [0.3, 0.4) is 0 Å². The first-order chi connectivity index (χ1) is 9.38. The molecule has 3 heteroatoms. The average Bonchev–Trinajstić information content (AvgIpc) is 2.36. The van der Waals surface area contributed by atoms with E-state index in [1.165, 1.54) is 16.0 Å². The van der Waals surface area contributed by atoms with Gasteiger partial charge in [0.15, 0.2) is 0 Å². The largest absolute Gasteiger partial charge is 0.309 e. The van der Waals surface area contributed by atoms with Crippen molar-refractivity contribution in [3.8, 4) is 0 Å². The van der Waals surface area contributed by atoms with E-state index in [0.717, 1.165) is 17.8 Å². The van der Waals surface area contributed by atoms with Gasteiger partial charge in [0.05, 0.1) is 5.52 Å². The molecule has 0 saturated heterocycles. The van der Waals surface area contributed by atoms with Crippen molar-refractivity contribution in [2.45, 2.75) is 31.2 Å². The van der Waals surface area contributed by atoms with Crippen LogP contribution in [0.4, 0.5) is 0 Å². The minimum atomic E-state index is 0.123. The Balaban J connectivity index is 2.38. The molecule has 0 atom stereocenters. The molecule has 0 radical (unpaired) electrons. The van der Waals surface area contributed by atoms with Gasteiger partial charge in [-0.25, -0.2) is 4.98 Å². The quantitative estimate of drug-likeness (QED) is 0.785. The number of para-hydroxylation sites is 1. The molecular formula is C17H24N2S. The Bertz CT molecular complexity index is 585. The van der Waals surface area contributed by atoms with Gasteiger partial charge >= 0.3 is 0 Å². The third kappa shape index (κ3) is 3.74. The van der Waals surface area contributed by atoms with E-state index in [2.05, 4.69) is 70.1 Å². The van der Waals surface area contributed by atoms with Crippen molar-refractivity contribution in [3.05, 3.63) is 35.9 Å². The molecule has 0 amide bonds. The molecule has 0 aliphatic carbocycles. The standard InChI is InChI=1S/C17H24N2S/c1-17(2,3)14-12-13-8-6-7-9-15(13)18-16(14)20-11-10-19(4)5/h6-9,12H,10-11H2,1-5H3. The summed E-state index contributed by atoms with van der Waals surface area (Å²) in [6.45, 7) is 7.85. The zero-order valence-electron chi connectivity index (χ0n) is 13.1. The monoisotopic (exact) mass is 288 g/mol. The third-order valence-electron chi connectivity index (χ3n) is 3.27. The van der Waals surface area contributed by atoms with Gasteiger partial charge < -0.3 is 4.90 Å². The van der Waals surface area contributed by atoms with Crippen LogP contribution >= 0.6 is 11.8 Å². The topological polar surface area (TPSA) is 16.1 Å². The van der Waals surface area contributed by atoms with E-state index in [9.17, 15) is 0 Å². The molecule has 0 unspecified atom stereocenters. The Morgan fingerprint density at radius 2 is 1.85 bits per heavy atom. The molecule has 0 aliphatic heterocycles. The number of hydrogen-bond donors (Lipinski definition) is 0. The Hall–Kier alpha value is -1.06. The van der Waals surface area contributed by atoms with Crippen LogP contribution in [-0.4, -0.2) is 36.3 Å². The minimum Gasteiger partial charge on any atom is -0.309 e. The van der Waals surface area contributed by atoms with Crippen LogP contribution in [0, 0.1) is 0 Å². The van der Waals surface area contributed by atoms with Gasteiger partial charge in [0, 0.05) is 17.7 Å². The van der Waals surface area contributed by atoms with Crippen LogP contribution in [0.2, 0.25) is 0 Å². The molecule has 0 spiro atoms. The third-order valence-corrected chi connectivity index (χ3v) is 4.25.